The summed E-state index contributed by atoms with van der Waals surface area (Å²) in [5, 5.41) is 12.6. The van der Waals surface area contributed by atoms with Crippen molar-refractivity contribution in [3.05, 3.63) is 12.2 Å². The van der Waals surface area contributed by atoms with E-state index in [-0.39, 0.29) is 0 Å². The fraction of sp³-hybridized carbons (Fsp3) is 0.250. The van der Waals surface area contributed by atoms with Crippen LogP contribution in [0.5, 0.6) is 0 Å². The van der Waals surface area contributed by atoms with Crippen LogP contribution >= 0.6 is 0 Å². The van der Waals surface area contributed by atoms with Crippen molar-refractivity contribution in [2.45, 2.75) is 6.42 Å². The van der Waals surface area contributed by atoms with E-state index < -0.39 is 0 Å². The molecule has 1 rings (SSSR count). The van der Waals surface area contributed by atoms with Crippen LogP contribution in [0.3, 0.4) is 0 Å². The van der Waals surface area contributed by atoms with E-state index in [2.05, 4.69) is 26.5 Å². The third-order valence-electron chi connectivity index (χ3n) is 0.645. The molecule has 1 heterocycles. The molecule has 8 heavy (non-hydrogen) atoms. The van der Waals surface area contributed by atoms with Gasteiger partial charge in [-0.15, -0.1) is 5.10 Å². The predicted octanol–water partition coefficient (Wildman–Crippen LogP) is -0.668. The molecule has 0 unspecified atom stereocenters. The lowest BCUT2D eigenvalue weighted by Gasteiger charge is -1.74. The van der Waals surface area contributed by atoms with E-state index >= 15 is 0 Å². The first-order valence-electron chi connectivity index (χ1n) is 2.05. The highest BCUT2D eigenvalue weighted by Gasteiger charge is 1.88. The fourth-order valence-corrected chi connectivity index (χ4v) is 0.337. The Labute approximate surface area is 46.3 Å². The van der Waals surface area contributed by atoms with E-state index in [1.807, 2.05) is 0 Å². The number of rotatable bonds is 1. The van der Waals surface area contributed by atoms with E-state index in [9.17, 15) is 0 Å². The summed E-state index contributed by atoms with van der Waals surface area (Å²) in [6.45, 7) is 0. The van der Waals surface area contributed by atoms with Crippen molar-refractivity contribution < 1.29 is 0 Å². The Morgan fingerprint density at radius 2 is 2.62 bits per heavy atom. The lowest BCUT2D eigenvalue weighted by Crippen LogP contribution is -1.82. The van der Waals surface area contributed by atoms with E-state index in [1.165, 1.54) is 0 Å². The van der Waals surface area contributed by atoms with Gasteiger partial charge in [0.1, 0.15) is 0 Å². The van der Waals surface area contributed by atoms with E-state index in [4.69, 9.17) is 6.42 Å². The van der Waals surface area contributed by atoms with Crippen LogP contribution in [0.1, 0.15) is 5.82 Å². The van der Waals surface area contributed by atoms with Gasteiger partial charge in [-0.05, 0) is 16.9 Å². The Balaban J connectivity index is 2.67. The first-order chi connectivity index (χ1) is 3.93. The molecule has 0 amide bonds. The van der Waals surface area contributed by atoms with Crippen molar-refractivity contribution in [1.29, 1.82) is 0 Å². The molecular formula is C4H3N4. The maximum Gasteiger partial charge on any atom is 0.160 e. The van der Waals surface area contributed by atoms with Gasteiger partial charge in [-0.1, -0.05) is 5.92 Å². The molecule has 1 aromatic heterocycles. The molecule has 39 valence electrons. The number of hydrogen-bond acceptors (Lipinski definition) is 3. The second-order valence-corrected chi connectivity index (χ2v) is 1.20. The van der Waals surface area contributed by atoms with Crippen molar-refractivity contribution in [2.75, 3.05) is 0 Å². The van der Waals surface area contributed by atoms with Gasteiger partial charge in [0.25, 0.3) is 0 Å². The smallest absolute Gasteiger partial charge is 0.160 e. The molecule has 0 aliphatic heterocycles. The molecule has 0 aliphatic rings. The molecule has 0 spiro atoms. The molecular weight excluding hydrogens is 104 g/mol. The van der Waals surface area contributed by atoms with Crippen LogP contribution in [-0.4, -0.2) is 20.6 Å². The fourth-order valence-electron chi connectivity index (χ4n) is 0.337. The van der Waals surface area contributed by atoms with E-state index in [0.29, 0.717) is 12.2 Å². The molecule has 1 N–H and O–H groups in total. The highest BCUT2D eigenvalue weighted by atomic mass is 15.5. The third-order valence-corrected chi connectivity index (χ3v) is 0.645. The van der Waals surface area contributed by atoms with E-state index in [1.54, 1.807) is 0 Å². The van der Waals surface area contributed by atoms with Crippen molar-refractivity contribution in [3.63, 3.8) is 0 Å². The predicted molar refractivity (Wildman–Crippen MR) is 25.0 cm³/mol. The molecule has 4 heteroatoms. The third kappa shape index (κ3) is 0.819. The molecule has 1 aromatic rings. The number of aromatic nitrogens is 4. The zero-order valence-electron chi connectivity index (χ0n) is 4.05. The maximum absolute atomic E-state index is 6.51. The second-order valence-electron chi connectivity index (χ2n) is 1.20. The molecule has 0 saturated heterocycles. The summed E-state index contributed by atoms with van der Waals surface area (Å²) < 4.78 is 0. The summed E-state index contributed by atoms with van der Waals surface area (Å²) >= 11 is 0. The Hall–Kier alpha value is -1.37. The number of nitrogens with one attached hydrogen (secondary N) is 1. The zero-order valence-corrected chi connectivity index (χ0v) is 4.05. The van der Waals surface area contributed by atoms with Gasteiger partial charge >= 0.3 is 0 Å². The van der Waals surface area contributed by atoms with Crippen LogP contribution in [0.15, 0.2) is 0 Å². The maximum atomic E-state index is 6.51. The van der Waals surface area contributed by atoms with Crippen LogP contribution in [0.2, 0.25) is 0 Å². The summed E-state index contributed by atoms with van der Waals surface area (Å²) in [6, 6.07) is 0. The SMILES string of the molecule is [C]#CCc1nnn[nH]1. The van der Waals surface area contributed by atoms with Gasteiger partial charge in [-0.2, -0.15) is 0 Å². The topological polar surface area (TPSA) is 54.5 Å². The molecule has 0 saturated carbocycles. The normalized spacial score (nSPS) is 8.38. The van der Waals surface area contributed by atoms with Crippen molar-refractivity contribution in [1.82, 2.24) is 20.6 Å². The van der Waals surface area contributed by atoms with Crippen LogP contribution in [0, 0.1) is 12.3 Å². The summed E-state index contributed by atoms with van der Waals surface area (Å²) in [7, 11) is 0. The lowest BCUT2D eigenvalue weighted by atomic mass is 10.4. The average molecular weight is 107 g/mol. The highest BCUT2D eigenvalue weighted by molar-refractivity contribution is 4.91. The Bertz CT molecular complexity index is 182. The monoisotopic (exact) mass is 107 g/mol. The van der Waals surface area contributed by atoms with Gasteiger partial charge in [0.05, 0.1) is 6.42 Å². The molecule has 0 bridgehead atoms. The zero-order chi connectivity index (χ0) is 5.82. The van der Waals surface area contributed by atoms with Gasteiger partial charge in [0.15, 0.2) is 5.82 Å². The van der Waals surface area contributed by atoms with Gasteiger partial charge in [-0.25, -0.2) is 5.10 Å². The standard InChI is InChI=1S/C4H3N4/c1-2-3-4-5-7-8-6-4/h3H2,(H,5,6,7,8). The lowest BCUT2D eigenvalue weighted by molar-refractivity contribution is 0.881. The first-order valence-corrected chi connectivity index (χ1v) is 2.05. The second kappa shape index (κ2) is 2.07. The Kier molecular flexibility index (Phi) is 1.24. The number of nitrogens with zero attached hydrogens (tertiary/aromatic N) is 3. The minimum atomic E-state index is 0.354. The highest BCUT2D eigenvalue weighted by Crippen LogP contribution is 1.79. The van der Waals surface area contributed by atoms with Gasteiger partial charge in [0, 0.05) is 0 Å². The number of tetrazole rings is 1. The summed E-state index contributed by atoms with van der Waals surface area (Å²) in [5.41, 5.74) is 0. The van der Waals surface area contributed by atoms with Crippen LogP contribution in [-0.2, 0) is 6.42 Å². The van der Waals surface area contributed by atoms with Crippen LogP contribution in [0.4, 0.5) is 0 Å². The molecule has 1 radical (unpaired) electrons. The average Bonchev–Trinajstić information content (AvgIpc) is 2.19. The van der Waals surface area contributed by atoms with Crippen molar-refractivity contribution in [3.8, 4) is 5.92 Å². The first kappa shape index (κ1) is 4.78. The van der Waals surface area contributed by atoms with Crippen molar-refractivity contribution >= 4 is 0 Å². The Morgan fingerprint density at radius 3 is 3.12 bits per heavy atom. The minimum Gasteiger partial charge on any atom is -0.242 e. The number of aromatic amines is 1. The van der Waals surface area contributed by atoms with Gasteiger partial charge < -0.3 is 0 Å². The molecule has 0 atom stereocenters. The number of hydrogen-bond donors (Lipinski definition) is 1. The minimum absolute atomic E-state index is 0.354. The van der Waals surface area contributed by atoms with Crippen LogP contribution < -0.4 is 0 Å². The van der Waals surface area contributed by atoms with Crippen LogP contribution in [0.25, 0.3) is 0 Å². The summed E-state index contributed by atoms with van der Waals surface area (Å²) in [6.07, 6.45) is 6.87. The van der Waals surface area contributed by atoms with E-state index in [0.717, 1.165) is 0 Å². The largest absolute Gasteiger partial charge is 0.242 e. The molecule has 0 fully saturated rings. The summed E-state index contributed by atoms with van der Waals surface area (Å²) in [5.74, 6) is 2.72. The van der Waals surface area contributed by atoms with Crippen molar-refractivity contribution in [2.24, 2.45) is 0 Å². The summed E-state index contributed by atoms with van der Waals surface area (Å²) in [4.78, 5) is 0. The Morgan fingerprint density at radius 1 is 1.75 bits per heavy atom. The quantitative estimate of drug-likeness (QED) is 0.484. The van der Waals surface area contributed by atoms with Gasteiger partial charge in [-0.3, -0.25) is 0 Å². The molecule has 0 aromatic carbocycles. The number of H-pyrrole nitrogens is 1. The molecule has 4 nitrogen and oxygen atoms in total. The molecule has 0 aliphatic carbocycles. The van der Waals surface area contributed by atoms with Gasteiger partial charge in [0.2, 0.25) is 0 Å².